The molecule has 1 heterocycles. The third-order valence-electron chi connectivity index (χ3n) is 5.77. The number of hydrazine groups is 1. The van der Waals surface area contributed by atoms with Gasteiger partial charge in [0.1, 0.15) is 17.2 Å². The highest BCUT2D eigenvalue weighted by Gasteiger charge is 2.14. The van der Waals surface area contributed by atoms with Crippen LogP contribution >= 0.6 is 11.6 Å². The molecule has 0 atom stereocenters. The van der Waals surface area contributed by atoms with Gasteiger partial charge in [-0.1, -0.05) is 17.7 Å². The van der Waals surface area contributed by atoms with Crippen molar-refractivity contribution in [1.29, 1.82) is 0 Å². The minimum absolute atomic E-state index is 0.248. The fraction of sp³-hybridized carbons (Fsp3) is 0.296. The van der Waals surface area contributed by atoms with E-state index in [1.165, 1.54) is 13.2 Å². The van der Waals surface area contributed by atoms with Crippen LogP contribution in [-0.4, -0.2) is 63.1 Å². The zero-order valence-corrected chi connectivity index (χ0v) is 23.2. The Labute approximate surface area is 228 Å². The Kier molecular flexibility index (Phi) is 9.75. The predicted molar refractivity (Wildman–Crippen MR) is 153 cm³/mol. The summed E-state index contributed by atoms with van der Waals surface area (Å²) in [6.07, 6.45) is 1.50. The molecule has 11 heteroatoms. The average molecular weight is 540 g/mol. The normalized spacial score (nSPS) is 10.6. The molecule has 0 radical (unpaired) electrons. The third-order valence-corrected chi connectivity index (χ3v) is 6.17. The molecule has 0 saturated heterocycles. The van der Waals surface area contributed by atoms with Crippen LogP contribution in [0.2, 0.25) is 5.02 Å². The molecule has 1 aromatic heterocycles. The molecule has 38 heavy (non-hydrogen) atoms. The number of likely N-dealkylation sites (N-methyl/N-ethyl adjacent to an activating group) is 2. The maximum atomic E-state index is 12.8. The number of rotatable bonds is 10. The van der Waals surface area contributed by atoms with Crippen LogP contribution in [0.5, 0.6) is 11.5 Å². The highest BCUT2D eigenvalue weighted by Crippen LogP contribution is 2.32. The molecule has 3 rings (SSSR count). The van der Waals surface area contributed by atoms with Gasteiger partial charge in [0.25, 0.3) is 5.91 Å². The maximum Gasteiger partial charge on any atom is 0.337 e. The van der Waals surface area contributed by atoms with Crippen LogP contribution in [0.1, 0.15) is 21.6 Å². The van der Waals surface area contributed by atoms with Crippen LogP contribution in [0.3, 0.4) is 0 Å². The minimum atomic E-state index is -0.441. The summed E-state index contributed by atoms with van der Waals surface area (Å²) in [6.45, 7) is 5.40. The summed E-state index contributed by atoms with van der Waals surface area (Å²) < 4.78 is 5.91. The number of aromatic nitrogens is 1. The van der Waals surface area contributed by atoms with E-state index < -0.39 is 6.03 Å². The molecule has 0 fully saturated rings. The number of carbonyl (C=O) groups excluding carboxylic acids is 2. The molecule has 4 N–H and O–H groups in total. The number of nitrogens with one attached hydrogen (secondary N) is 4. The Morgan fingerprint density at radius 3 is 2.39 bits per heavy atom. The number of aryl methyl sites for hydroxylation is 2. The number of hydrogen-bond acceptors (Lipinski definition) is 7. The molecule has 0 aliphatic carbocycles. The monoisotopic (exact) mass is 539 g/mol. The lowest BCUT2D eigenvalue weighted by Crippen LogP contribution is -2.35. The summed E-state index contributed by atoms with van der Waals surface area (Å²) in [7, 11) is 7.52. The summed E-state index contributed by atoms with van der Waals surface area (Å²) in [5.41, 5.74) is 9.74. The fourth-order valence-corrected chi connectivity index (χ4v) is 3.66. The van der Waals surface area contributed by atoms with Crippen molar-refractivity contribution in [1.82, 2.24) is 20.6 Å². The minimum Gasteiger partial charge on any atom is -0.457 e. The van der Waals surface area contributed by atoms with Crippen LogP contribution in [0.4, 0.5) is 21.9 Å². The lowest BCUT2D eigenvalue weighted by molar-refractivity contribution is 0.0958. The molecule has 2 aromatic carbocycles. The third kappa shape index (κ3) is 7.74. The number of pyridine rings is 1. The van der Waals surface area contributed by atoms with Gasteiger partial charge in [0.2, 0.25) is 0 Å². The zero-order valence-electron chi connectivity index (χ0n) is 22.5. The second kappa shape index (κ2) is 13.0. The SMILES string of the molecule is CNC(=O)c1cc(Oc2ccc(C)c(NNC(=O)Nc3cc(C)c(Cl)cc3N(C)CCN(C)C)c2)ccn1. The van der Waals surface area contributed by atoms with Crippen molar-refractivity contribution < 1.29 is 14.3 Å². The van der Waals surface area contributed by atoms with E-state index in [2.05, 4.69) is 31.4 Å². The van der Waals surface area contributed by atoms with E-state index in [1.807, 2.05) is 58.1 Å². The first-order valence-electron chi connectivity index (χ1n) is 12.0. The summed E-state index contributed by atoms with van der Waals surface area (Å²) in [6, 6.07) is 11.9. The van der Waals surface area contributed by atoms with E-state index >= 15 is 0 Å². The van der Waals surface area contributed by atoms with Crippen LogP contribution in [0.15, 0.2) is 48.7 Å². The topological polar surface area (TPSA) is 111 Å². The lowest BCUT2D eigenvalue weighted by Gasteiger charge is -2.25. The first kappa shape index (κ1) is 28.5. The fourth-order valence-electron chi connectivity index (χ4n) is 3.50. The number of amides is 3. The highest BCUT2D eigenvalue weighted by molar-refractivity contribution is 6.31. The van der Waals surface area contributed by atoms with E-state index in [9.17, 15) is 9.59 Å². The van der Waals surface area contributed by atoms with Crippen LogP contribution < -0.4 is 31.1 Å². The first-order chi connectivity index (χ1) is 18.1. The standard InChI is InChI=1S/C27H34ClN7O3/c1-17-7-8-19(38-20-9-10-30-24(15-20)26(36)29-3)14-22(17)32-33-27(37)31-23-13-18(2)21(28)16-25(23)35(6)12-11-34(4)5/h7-10,13-16,32H,11-12H2,1-6H3,(H,29,36)(H2,31,33,37). The van der Waals surface area contributed by atoms with Crippen molar-refractivity contribution in [3.63, 3.8) is 0 Å². The summed E-state index contributed by atoms with van der Waals surface area (Å²) >= 11 is 6.38. The van der Waals surface area contributed by atoms with Gasteiger partial charge in [0, 0.05) is 50.5 Å². The molecule has 0 aliphatic rings. The van der Waals surface area contributed by atoms with Crippen molar-refractivity contribution in [2.45, 2.75) is 13.8 Å². The Morgan fingerprint density at radius 2 is 1.68 bits per heavy atom. The summed E-state index contributed by atoms with van der Waals surface area (Å²) in [4.78, 5) is 32.9. The molecule has 10 nitrogen and oxygen atoms in total. The smallest absolute Gasteiger partial charge is 0.337 e. The molecule has 0 aliphatic heterocycles. The van der Waals surface area contributed by atoms with Gasteiger partial charge in [-0.2, -0.15) is 0 Å². The van der Waals surface area contributed by atoms with E-state index in [-0.39, 0.29) is 11.6 Å². The van der Waals surface area contributed by atoms with Crippen LogP contribution in [-0.2, 0) is 0 Å². The molecule has 0 unspecified atom stereocenters. The lowest BCUT2D eigenvalue weighted by atomic mass is 10.1. The van der Waals surface area contributed by atoms with Crippen LogP contribution in [0, 0.1) is 13.8 Å². The Bertz CT molecular complexity index is 1300. The van der Waals surface area contributed by atoms with E-state index in [4.69, 9.17) is 16.3 Å². The Hall–Kier alpha value is -4.02. The molecule has 3 amide bonds. The number of hydrogen-bond donors (Lipinski definition) is 4. The largest absolute Gasteiger partial charge is 0.457 e. The Balaban J connectivity index is 1.69. The number of carbonyl (C=O) groups is 2. The molecule has 0 bridgehead atoms. The van der Waals surface area contributed by atoms with Gasteiger partial charge >= 0.3 is 6.03 Å². The van der Waals surface area contributed by atoms with Crippen molar-refractivity contribution in [2.24, 2.45) is 0 Å². The van der Waals surface area contributed by atoms with Gasteiger partial charge in [0.05, 0.1) is 17.1 Å². The number of nitrogens with zero attached hydrogens (tertiary/aromatic N) is 3. The number of anilines is 3. The Morgan fingerprint density at radius 1 is 0.947 bits per heavy atom. The van der Waals surface area contributed by atoms with Gasteiger partial charge in [-0.05, 0) is 63.3 Å². The summed E-state index contributed by atoms with van der Waals surface area (Å²) in [5.74, 6) is 0.676. The number of halogens is 1. The van der Waals surface area contributed by atoms with Crippen molar-refractivity contribution in [3.8, 4) is 11.5 Å². The highest BCUT2D eigenvalue weighted by atomic mass is 35.5. The quantitative estimate of drug-likeness (QED) is 0.277. The van der Waals surface area contributed by atoms with Crippen molar-refractivity contribution in [2.75, 3.05) is 56.9 Å². The van der Waals surface area contributed by atoms with Crippen LogP contribution in [0.25, 0.3) is 0 Å². The zero-order chi connectivity index (χ0) is 27.8. The molecular formula is C27H34ClN7O3. The number of ether oxygens (including phenoxy) is 1. The molecule has 202 valence electrons. The molecule has 0 saturated carbocycles. The van der Waals surface area contributed by atoms with Gasteiger partial charge in [-0.15, -0.1) is 0 Å². The van der Waals surface area contributed by atoms with E-state index in [0.29, 0.717) is 27.9 Å². The second-order valence-corrected chi connectivity index (χ2v) is 9.49. The van der Waals surface area contributed by atoms with Gasteiger partial charge in [0.15, 0.2) is 0 Å². The molecular weight excluding hydrogens is 506 g/mol. The van der Waals surface area contributed by atoms with Gasteiger partial charge in [-0.25, -0.2) is 4.79 Å². The second-order valence-electron chi connectivity index (χ2n) is 9.08. The van der Waals surface area contributed by atoms with E-state index in [1.54, 1.807) is 24.3 Å². The van der Waals surface area contributed by atoms with Gasteiger partial charge in [-0.3, -0.25) is 20.6 Å². The number of benzene rings is 2. The average Bonchev–Trinajstić information content (AvgIpc) is 2.89. The first-order valence-corrected chi connectivity index (χ1v) is 12.4. The summed E-state index contributed by atoms with van der Waals surface area (Å²) in [5, 5.41) is 6.08. The van der Waals surface area contributed by atoms with Crippen molar-refractivity contribution >= 4 is 40.6 Å². The van der Waals surface area contributed by atoms with Gasteiger partial charge < -0.3 is 25.2 Å². The predicted octanol–water partition coefficient (Wildman–Crippen LogP) is 4.65. The van der Waals surface area contributed by atoms with E-state index in [0.717, 1.165) is 29.9 Å². The molecule has 3 aromatic rings. The number of urea groups is 1. The maximum absolute atomic E-state index is 12.8. The molecule has 0 spiro atoms. The van der Waals surface area contributed by atoms with Crippen molar-refractivity contribution in [3.05, 3.63) is 70.5 Å².